The van der Waals surface area contributed by atoms with Crippen LogP contribution in [0.15, 0.2) is 6.07 Å². The molecule has 0 amide bonds. The Balaban J connectivity index is 3.41. The summed E-state index contributed by atoms with van der Waals surface area (Å²) in [7, 11) is 0. The van der Waals surface area contributed by atoms with E-state index in [-0.39, 0.29) is 16.3 Å². The van der Waals surface area contributed by atoms with Gasteiger partial charge in [0.15, 0.2) is 11.6 Å². The van der Waals surface area contributed by atoms with Crippen molar-refractivity contribution in [1.82, 2.24) is 0 Å². The van der Waals surface area contributed by atoms with Crippen molar-refractivity contribution in [1.29, 1.82) is 0 Å². The fourth-order valence-corrected chi connectivity index (χ4v) is 1.96. The Kier molecular flexibility index (Phi) is 3.87. The van der Waals surface area contributed by atoms with Crippen LogP contribution in [-0.4, -0.2) is 11.2 Å². The van der Waals surface area contributed by atoms with Crippen molar-refractivity contribution in [3.63, 3.8) is 0 Å². The molecule has 3 nitrogen and oxygen atoms in total. The van der Waals surface area contributed by atoms with Gasteiger partial charge in [-0.15, -0.1) is 0 Å². The highest BCUT2D eigenvalue weighted by Crippen LogP contribution is 2.33. The third kappa shape index (κ3) is 2.38. The second-order valence-corrected chi connectivity index (χ2v) is 3.92. The van der Waals surface area contributed by atoms with Gasteiger partial charge in [-0.25, -0.2) is 8.78 Å². The van der Waals surface area contributed by atoms with Gasteiger partial charge in [0, 0.05) is 11.3 Å². The number of nitro benzene ring substituents is 1. The van der Waals surface area contributed by atoms with Crippen LogP contribution in [0.1, 0.15) is 5.56 Å². The quantitative estimate of drug-likeness (QED) is 0.471. The molecule has 1 rings (SSSR count). The summed E-state index contributed by atoms with van der Waals surface area (Å²) in [5.41, 5.74) is -0.782. The molecular weight excluding hydrogens is 248 g/mol. The molecule has 0 spiro atoms. The molecule has 1 aromatic carbocycles. The molecule has 0 aliphatic rings. The van der Waals surface area contributed by atoms with Crippen LogP contribution in [0.25, 0.3) is 0 Å². The zero-order valence-corrected chi connectivity index (χ0v) is 9.16. The summed E-state index contributed by atoms with van der Waals surface area (Å²) < 4.78 is 26.2. The molecule has 82 valence electrons. The number of nitro groups is 1. The standard InChI is InChI=1S/C8H6ClF2NO2S/c1-15-3-4-7(9)6(12(13)14)2-5(10)8(4)11/h2H,3H2,1H3. The summed E-state index contributed by atoms with van der Waals surface area (Å²) in [6, 6.07) is 0.488. The number of thioether (sulfide) groups is 1. The zero-order valence-electron chi connectivity index (χ0n) is 7.59. The van der Waals surface area contributed by atoms with Crippen molar-refractivity contribution in [3.05, 3.63) is 38.4 Å². The van der Waals surface area contributed by atoms with E-state index in [1.807, 2.05) is 0 Å². The van der Waals surface area contributed by atoms with E-state index in [1.54, 1.807) is 6.26 Å². The number of benzene rings is 1. The maximum atomic E-state index is 13.2. The average molecular weight is 254 g/mol. The Morgan fingerprint density at radius 1 is 1.60 bits per heavy atom. The minimum atomic E-state index is -1.25. The normalized spacial score (nSPS) is 10.4. The van der Waals surface area contributed by atoms with Crippen LogP contribution in [0.2, 0.25) is 5.02 Å². The minimum Gasteiger partial charge on any atom is -0.258 e. The Morgan fingerprint density at radius 3 is 2.67 bits per heavy atom. The predicted molar refractivity (Wildman–Crippen MR) is 55.2 cm³/mol. The number of hydrogen-bond acceptors (Lipinski definition) is 3. The summed E-state index contributed by atoms with van der Waals surface area (Å²) in [6.45, 7) is 0. The van der Waals surface area contributed by atoms with Crippen LogP contribution in [0.5, 0.6) is 0 Å². The van der Waals surface area contributed by atoms with E-state index < -0.39 is 22.2 Å². The number of halogens is 3. The smallest absolute Gasteiger partial charge is 0.258 e. The second kappa shape index (κ2) is 4.76. The van der Waals surface area contributed by atoms with Crippen molar-refractivity contribution in [2.75, 3.05) is 6.26 Å². The molecule has 1 aromatic rings. The molecule has 0 aliphatic heterocycles. The molecule has 0 atom stereocenters. The largest absolute Gasteiger partial charge is 0.291 e. The average Bonchev–Trinajstić information content (AvgIpc) is 2.18. The van der Waals surface area contributed by atoms with Gasteiger partial charge in [0.2, 0.25) is 0 Å². The first kappa shape index (κ1) is 12.2. The SMILES string of the molecule is CSCc1c(F)c(F)cc([N+](=O)[O-])c1Cl. The fourth-order valence-electron chi connectivity index (χ4n) is 1.05. The first-order valence-electron chi connectivity index (χ1n) is 3.78. The lowest BCUT2D eigenvalue weighted by Gasteiger charge is -2.05. The zero-order chi connectivity index (χ0) is 11.6. The number of hydrogen-bond donors (Lipinski definition) is 0. The van der Waals surface area contributed by atoms with Gasteiger partial charge in [-0.3, -0.25) is 10.1 Å². The highest BCUT2D eigenvalue weighted by Gasteiger charge is 2.23. The van der Waals surface area contributed by atoms with Gasteiger partial charge in [0.05, 0.1) is 11.0 Å². The van der Waals surface area contributed by atoms with Crippen LogP contribution in [-0.2, 0) is 5.75 Å². The van der Waals surface area contributed by atoms with Crippen molar-refractivity contribution in [2.24, 2.45) is 0 Å². The summed E-state index contributed by atoms with van der Waals surface area (Å²) in [5, 5.41) is 10.1. The topological polar surface area (TPSA) is 43.1 Å². The molecule has 0 aromatic heterocycles. The number of nitrogens with zero attached hydrogens (tertiary/aromatic N) is 1. The van der Waals surface area contributed by atoms with Gasteiger partial charge >= 0.3 is 0 Å². The van der Waals surface area contributed by atoms with Gasteiger partial charge in [-0.2, -0.15) is 11.8 Å². The molecule has 0 radical (unpaired) electrons. The van der Waals surface area contributed by atoms with Crippen LogP contribution in [0.3, 0.4) is 0 Å². The lowest BCUT2D eigenvalue weighted by atomic mass is 10.2. The minimum absolute atomic E-state index is 0.0866. The predicted octanol–water partition coefficient (Wildman–Crippen LogP) is 3.39. The molecule has 15 heavy (non-hydrogen) atoms. The summed E-state index contributed by atoms with van der Waals surface area (Å²) in [6.07, 6.45) is 1.66. The Bertz CT molecular complexity index is 414. The number of rotatable bonds is 3. The first-order chi connectivity index (χ1) is 6.99. The highest BCUT2D eigenvalue weighted by molar-refractivity contribution is 7.97. The molecule has 0 unspecified atom stereocenters. The van der Waals surface area contributed by atoms with Crippen molar-refractivity contribution < 1.29 is 13.7 Å². The van der Waals surface area contributed by atoms with Gasteiger partial charge in [0.25, 0.3) is 5.69 Å². The van der Waals surface area contributed by atoms with E-state index in [0.29, 0.717) is 6.07 Å². The molecule has 0 fully saturated rings. The molecule has 0 aliphatic carbocycles. The monoisotopic (exact) mass is 253 g/mol. The van der Waals surface area contributed by atoms with Crippen molar-refractivity contribution >= 4 is 29.1 Å². The second-order valence-electron chi connectivity index (χ2n) is 2.67. The summed E-state index contributed by atoms with van der Waals surface area (Å²) >= 11 is 6.80. The Hall–Kier alpha value is -0.880. The maximum absolute atomic E-state index is 13.2. The van der Waals surface area contributed by atoms with Gasteiger partial charge < -0.3 is 0 Å². The van der Waals surface area contributed by atoms with Gasteiger partial charge in [0.1, 0.15) is 5.02 Å². The lowest BCUT2D eigenvalue weighted by molar-refractivity contribution is -0.385. The molecule has 0 bridgehead atoms. The third-order valence-electron chi connectivity index (χ3n) is 1.71. The third-order valence-corrected chi connectivity index (χ3v) is 2.71. The fraction of sp³-hybridized carbons (Fsp3) is 0.250. The van der Waals surface area contributed by atoms with Crippen molar-refractivity contribution in [2.45, 2.75) is 5.75 Å². The lowest BCUT2D eigenvalue weighted by Crippen LogP contribution is -1.99. The van der Waals surface area contributed by atoms with Gasteiger partial charge in [-0.1, -0.05) is 11.6 Å². The van der Waals surface area contributed by atoms with Gasteiger partial charge in [-0.05, 0) is 6.26 Å². The molecular formula is C8H6ClF2NO2S. The van der Waals surface area contributed by atoms with Crippen LogP contribution in [0.4, 0.5) is 14.5 Å². The molecule has 0 N–H and O–H groups in total. The van der Waals surface area contributed by atoms with E-state index >= 15 is 0 Å². The first-order valence-corrected chi connectivity index (χ1v) is 5.56. The molecule has 7 heteroatoms. The van der Waals surface area contributed by atoms with E-state index in [4.69, 9.17) is 11.6 Å². The molecule has 0 saturated carbocycles. The van der Waals surface area contributed by atoms with E-state index in [9.17, 15) is 18.9 Å². The molecule has 0 saturated heterocycles. The van der Waals surface area contributed by atoms with Crippen LogP contribution in [0, 0.1) is 21.7 Å². The highest BCUT2D eigenvalue weighted by atomic mass is 35.5. The van der Waals surface area contributed by atoms with E-state index in [2.05, 4.69) is 0 Å². The Morgan fingerprint density at radius 2 is 2.20 bits per heavy atom. The van der Waals surface area contributed by atoms with Crippen LogP contribution >= 0.6 is 23.4 Å². The van der Waals surface area contributed by atoms with E-state index in [0.717, 1.165) is 0 Å². The summed E-state index contributed by atoms with van der Waals surface area (Å²) in [5.74, 6) is -2.29. The van der Waals surface area contributed by atoms with Crippen molar-refractivity contribution in [3.8, 4) is 0 Å². The Labute approximate surface area is 93.6 Å². The van der Waals surface area contributed by atoms with Crippen LogP contribution < -0.4 is 0 Å². The summed E-state index contributed by atoms with van der Waals surface area (Å²) in [4.78, 5) is 9.63. The van der Waals surface area contributed by atoms with E-state index in [1.165, 1.54) is 11.8 Å². The molecule has 0 heterocycles. The maximum Gasteiger partial charge on any atom is 0.291 e.